The molecular formula is C19H28N3O2+3. The van der Waals surface area contributed by atoms with Gasteiger partial charge in [-0.2, -0.15) is 0 Å². The van der Waals surface area contributed by atoms with Crippen LogP contribution in [-0.2, 0) is 13.1 Å². The molecule has 0 atom stereocenters. The number of benzene rings is 1. The second-order valence-electron chi connectivity index (χ2n) is 6.44. The highest BCUT2D eigenvalue weighted by Gasteiger charge is 2.24. The molecule has 0 radical (unpaired) electrons. The molecule has 0 aliphatic carbocycles. The van der Waals surface area contributed by atoms with Gasteiger partial charge < -0.3 is 19.3 Å². The summed E-state index contributed by atoms with van der Waals surface area (Å²) < 4.78 is 10.9. The van der Waals surface area contributed by atoms with Gasteiger partial charge in [0.15, 0.2) is 12.4 Å². The van der Waals surface area contributed by atoms with Gasteiger partial charge in [0.25, 0.3) is 0 Å². The number of ether oxygens (including phenoxy) is 2. The summed E-state index contributed by atoms with van der Waals surface area (Å²) in [4.78, 5) is 6.38. The quantitative estimate of drug-likeness (QED) is 0.714. The lowest BCUT2D eigenvalue weighted by atomic mass is 10.1. The van der Waals surface area contributed by atoms with Gasteiger partial charge in [-0.05, 0) is 18.2 Å². The van der Waals surface area contributed by atoms with E-state index in [4.69, 9.17) is 9.47 Å². The number of H-pyrrole nitrogens is 1. The van der Waals surface area contributed by atoms with E-state index in [0.29, 0.717) is 0 Å². The van der Waals surface area contributed by atoms with Crippen molar-refractivity contribution in [3.63, 3.8) is 0 Å². The van der Waals surface area contributed by atoms with Crippen LogP contribution in [0.4, 0.5) is 0 Å². The zero-order valence-electron chi connectivity index (χ0n) is 14.6. The van der Waals surface area contributed by atoms with Crippen molar-refractivity contribution in [2.45, 2.75) is 13.1 Å². The molecule has 0 amide bonds. The van der Waals surface area contributed by atoms with Gasteiger partial charge in [-0.15, -0.1) is 0 Å². The fourth-order valence-corrected chi connectivity index (χ4v) is 3.43. The first kappa shape index (κ1) is 16.7. The van der Waals surface area contributed by atoms with E-state index in [-0.39, 0.29) is 0 Å². The van der Waals surface area contributed by atoms with E-state index in [0.717, 1.165) is 24.6 Å². The molecule has 128 valence electrons. The fourth-order valence-electron chi connectivity index (χ4n) is 3.43. The average Bonchev–Trinajstić information content (AvgIpc) is 2.64. The lowest BCUT2D eigenvalue weighted by Gasteiger charge is -2.30. The van der Waals surface area contributed by atoms with E-state index >= 15 is 0 Å². The molecule has 5 heteroatoms. The van der Waals surface area contributed by atoms with Crippen LogP contribution in [0.1, 0.15) is 11.1 Å². The maximum absolute atomic E-state index is 5.51. The molecule has 1 aliphatic rings. The molecule has 3 rings (SSSR count). The first-order valence-corrected chi connectivity index (χ1v) is 8.61. The first-order valence-electron chi connectivity index (χ1n) is 8.61. The van der Waals surface area contributed by atoms with Crippen molar-refractivity contribution in [2.24, 2.45) is 0 Å². The highest BCUT2D eigenvalue weighted by atomic mass is 16.5. The van der Waals surface area contributed by atoms with Crippen LogP contribution in [0.5, 0.6) is 11.5 Å². The van der Waals surface area contributed by atoms with Crippen LogP contribution in [0, 0.1) is 0 Å². The fraction of sp³-hybridized carbons (Fsp3) is 0.421. The standard InChI is InChI=1S/C19H25N3O2/c1-23-18-3-4-19(24-2)17(13-18)15-22-11-9-21(10-12-22)14-16-5-7-20-8-6-16/h3-8,13H,9-12,14-15H2,1-2H3/p+3. The Balaban J connectivity index is 1.55. The summed E-state index contributed by atoms with van der Waals surface area (Å²) in [6, 6.07) is 10.4. The van der Waals surface area contributed by atoms with Gasteiger partial charge in [0, 0.05) is 17.7 Å². The molecule has 1 saturated heterocycles. The minimum Gasteiger partial charge on any atom is -0.497 e. The van der Waals surface area contributed by atoms with Crippen LogP contribution >= 0.6 is 0 Å². The maximum atomic E-state index is 5.51. The molecule has 0 saturated carbocycles. The number of pyridine rings is 1. The van der Waals surface area contributed by atoms with Crippen molar-refractivity contribution in [1.29, 1.82) is 0 Å². The molecule has 0 unspecified atom stereocenters. The summed E-state index contributed by atoms with van der Waals surface area (Å²) >= 11 is 0. The molecule has 1 aromatic heterocycles. The van der Waals surface area contributed by atoms with E-state index in [1.165, 1.54) is 37.3 Å². The second kappa shape index (κ2) is 8.13. The van der Waals surface area contributed by atoms with Crippen LogP contribution in [0.2, 0.25) is 0 Å². The molecule has 2 aromatic rings. The summed E-state index contributed by atoms with van der Waals surface area (Å²) in [6.07, 6.45) is 4.01. The topological polar surface area (TPSA) is 41.5 Å². The SMILES string of the molecule is COc1ccc(OC)c(C[NH+]2CC[NH+](Cc3cc[nH+]cc3)CC2)c1. The molecule has 0 spiro atoms. The highest BCUT2D eigenvalue weighted by Crippen LogP contribution is 2.23. The largest absolute Gasteiger partial charge is 0.497 e. The number of piperazine rings is 1. The first-order chi connectivity index (χ1) is 11.8. The smallest absolute Gasteiger partial charge is 0.167 e. The molecular weight excluding hydrogens is 302 g/mol. The van der Waals surface area contributed by atoms with Crippen molar-refractivity contribution in [3.05, 3.63) is 53.9 Å². The van der Waals surface area contributed by atoms with E-state index in [9.17, 15) is 0 Å². The van der Waals surface area contributed by atoms with Crippen molar-refractivity contribution in [3.8, 4) is 11.5 Å². The third-order valence-corrected chi connectivity index (χ3v) is 4.83. The van der Waals surface area contributed by atoms with Crippen LogP contribution in [-0.4, -0.2) is 40.4 Å². The number of nitrogens with one attached hydrogen (secondary N) is 3. The van der Waals surface area contributed by atoms with Crippen molar-refractivity contribution in [1.82, 2.24) is 0 Å². The number of aromatic amines is 1. The van der Waals surface area contributed by atoms with Crippen LogP contribution in [0.3, 0.4) is 0 Å². The van der Waals surface area contributed by atoms with E-state index in [1.54, 1.807) is 24.0 Å². The Morgan fingerprint density at radius 2 is 1.54 bits per heavy atom. The second-order valence-corrected chi connectivity index (χ2v) is 6.44. The van der Waals surface area contributed by atoms with Crippen LogP contribution in [0.25, 0.3) is 0 Å². The van der Waals surface area contributed by atoms with E-state index in [1.807, 2.05) is 24.5 Å². The summed E-state index contributed by atoms with van der Waals surface area (Å²) in [7, 11) is 3.45. The predicted molar refractivity (Wildman–Crippen MR) is 91.3 cm³/mol. The van der Waals surface area contributed by atoms with E-state index in [2.05, 4.69) is 23.2 Å². The summed E-state index contributed by atoms with van der Waals surface area (Å²) in [5.74, 6) is 1.86. The summed E-state index contributed by atoms with van der Waals surface area (Å²) in [5, 5.41) is 0. The van der Waals surface area contributed by atoms with Crippen molar-refractivity contribution >= 4 is 0 Å². The summed E-state index contributed by atoms with van der Waals surface area (Å²) in [6.45, 7) is 6.90. The number of rotatable bonds is 6. The number of quaternary nitrogens is 2. The number of hydrogen-bond donors (Lipinski definition) is 2. The van der Waals surface area contributed by atoms with Gasteiger partial charge in [0.2, 0.25) is 0 Å². The van der Waals surface area contributed by atoms with Gasteiger partial charge in [-0.1, -0.05) is 0 Å². The Morgan fingerprint density at radius 1 is 0.875 bits per heavy atom. The Bertz CT molecular complexity index is 640. The van der Waals surface area contributed by atoms with E-state index < -0.39 is 0 Å². The monoisotopic (exact) mass is 330 g/mol. The normalized spacial score (nSPS) is 20.6. The zero-order valence-corrected chi connectivity index (χ0v) is 14.6. The average molecular weight is 330 g/mol. The van der Waals surface area contributed by atoms with Crippen LogP contribution in [0.15, 0.2) is 42.7 Å². The molecule has 1 aromatic carbocycles. The van der Waals surface area contributed by atoms with Gasteiger partial charge in [-0.3, -0.25) is 0 Å². The third kappa shape index (κ3) is 4.24. The number of aromatic nitrogens is 1. The molecule has 1 fully saturated rings. The highest BCUT2D eigenvalue weighted by molar-refractivity contribution is 5.39. The third-order valence-electron chi connectivity index (χ3n) is 4.83. The number of hydrogen-bond acceptors (Lipinski definition) is 2. The van der Waals surface area contributed by atoms with Crippen molar-refractivity contribution < 1.29 is 24.3 Å². The molecule has 1 aliphatic heterocycles. The molecule has 24 heavy (non-hydrogen) atoms. The Kier molecular flexibility index (Phi) is 5.67. The van der Waals surface area contributed by atoms with Gasteiger partial charge in [-0.25, -0.2) is 4.98 Å². The lowest BCUT2D eigenvalue weighted by Crippen LogP contribution is -3.27. The Labute approximate surface area is 143 Å². The maximum Gasteiger partial charge on any atom is 0.167 e. The Morgan fingerprint density at radius 3 is 2.17 bits per heavy atom. The molecule has 0 bridgehead atoms. The zero-order chi connectivity index (χ0) is 16.8. The molecule has 3 N–H and O–H groups in total. The minimum atomic E-state index is 0.898. The molecule has 5 nitrogen and oxygen atoms in total. The molecule has 2 heterocycles. The predicted octanol–water partition coefficient (Wildman–Crippen LogP) is -0.998. The van der Waals surface area contributed by atoms with Gasteiger partial charge in [0.05, 0.1) is 19.8 Å². The number of methoxy groups -OCH3 is 2. The lowest BCUT2D eigenvalue weighted by molar-refractivity contribution is -1.02. The van der Waals surface area contributed by atoms with Gasteiger partial charge >= 0.3 is 0 Å². The van der Waals surface area contributed by atoms with Crippen LogP contribution < -0.4 is 24.3 Å². The van der Waals surface area contributed by atoms with Crippen molar-refractivity contribution in [2.75, 3.05) is 40.4 Å². The minimum absolute atomic E-state index is 0.898. The van der Waals surface area contributed by atoms with Gasteiger partial charge in [0.1, 0.15) is 50.8 Å². The summed E-state index contributed by atoms with van der Waals surface area (Å²) in [5.41, 5.74) is 2.63. The Hall–Kier alpha value is -2.11.